The van der Waals surface area contributed by atoms with Crippen molar-refractivity contribution in [2.75, 3.05) is 5.32 Å². The normalized spacial score (nSPS) is 10.9. The molecule has 0 bridgehead atoms. The van der Waals surface area contributed by atoms with Crippen molar-refractivity contribution in [1.29, 1.82) is 0 Å². The largest absolute Gasteiger partial charge is 0.358 e. The third-order valence-electron chi connectivity index (χ3n) is 3.46. The number of rotatable bonds is 3. The summed E-state index contributed by atoms with van der Waals surface area (Å²) in [5.74, 6) is 0.609. The third kappa shape index (κ3) is 2.18. The Balaban J connectivity index is 1.84. The first kappa shape index (κ1) is 12.5. The zero-order valence-corrected chi connectivity index (χ0v) is 11.4. The minimum Gasteiger partial charge on any atom is -0.358 e. The van der Waals surface area contributed by atoms with E-state index in [0.29, 0.717) is 12.2 Å². The van der Waals surface area contributed by atoms with Crippen LogP contribution in [0.25, 0.3) is 10.9 Å². The molecule has 3 rings (SSSR count). The van der Waals surface area contributed by atoms with Crippen LogP contribution in [0, 0.1) is 13.8 Å². The van der Waals surface area contributed by atoms with Crippen molar-refractivity contribution >= 4 is 22.6 Å². The van der Waals surface area contributed by atoms with E-state index in [4.69, 9.17) is 0 Å². The smallest absolute Gasteiger partial charge is 0.230 e. The van der Waals surface area contributed by atoms with E-state index in [1.807, 2.05) is 38.1 Å². The van der Waals surface area contributed by atoms with E-state index < -0.39 is 0 Å². The molecule has 1 aromatic carbocycles. The molecule has 5 nitrogen and oxygen atoms in total. The molecule has 0 aliphatic rings. The SMILES string of the molecule is Cc1cn[nH]c1NC(=O)Cc1c(C)[nH]c2ccccc12. The molecule has 102 valence electrons. The molecule has 0 aliphatic heterocycles. The van der Waals surface area contributed by atoms with Crippen molar-refractivity contribution in [3.8, 4) is 0 Å². The van der Waals surface area contributed by atoms with Gasteiger partial charge in [0.05, 0.1) is 12.6 Å². The summed E-state index contributed by atoms with van der Waals surface area (Å²) in [6.07, 6.45) is 2.03. The van der Waals surface area contributed by atoms with E-state index in [0.717, 1.165) is 27.7 Å². The summed E-state index contributed by atoms with van der Waals surface area (Å²) < 4.78 is 0. The van der Waals surface area contributed by atoms with Crippen molar-refractivity contribution in [1.82, 2.24) is 15.2 Å². The number of nitrogens with zero attached hydrogens (tertiary/aromatic N) is 1. The highest BCUT2D eigenvalue weighted by atomic mass is 16.1. The van der Waals surface area contributed by atoms with E-state index in [1.54, 1.807) is 6.20 Å². The van der Waals surface area contributed by atoms with Gasteiger partial charge in [0.2, 0.25) is 5.91 Å². The molecule has 0 saturated heterocycles. The van der Waals surface area contributed by atoms with Gasteiger partial charge in [0, 0.05) is 22.2 Å². The van der Waals surface area contributed by atoms with Crippen molar-refractivity contribution < 1.29 is 4.79 Å². The highest BCUT2D eigenvalue weighted by Crippen LogP contribution is 2.22. The monoisotopic (exact) mass is 268 g/mol. The van der Waals surface area contributed by atoms with Crippen LogP contribution in [0.2, 0.25) is 0 Å². The first-order valence-electron chi connectivity index (χ1n) is 6.51. The molecule has 0 fully saturated rings. The summed E-state index contributed by atoms with van der Waals surface area (Å²) in [6.45, 7) is 3.89. The lowest BCUT2D eigenvalue weighted by atomic mass is 10.1. The fourth-order valence-electron chi connectivity index (χ4n) is 2.38. The molecular weight excluding hydrogens is 252 g/mol. The number of hydrogen-bond donors (Lipinski definition) is 3. The molecule has 2 heterocycles. The van der Waals surface area contributed by atoms with Gasteiger partial charge in [0.15, 0.2) is 0 Å². The van der Waals surface area contributed by atoms with Crippen molar-refractivity contribution in [2.45, 2.75) is 20.3 Å². The summed E-state index contributed by atoms with van der Waals surface area (Å²) in [5.41, 5.74) is 4.05. The van der Waals surface area contributed by atoms with Gasteiger partial charge in [-0.2, -0.15) is 5.10 Å². The van der Waals surface area contributed by atoms with Crippen LogP contribution in [0.3, 0.4) is 0 Å². The number of anilines is 1. The molecule has 0 spiro atoms. The van der Waals surface area contributed by atoms with Gasteiger partial charge >= 0.3 is 0 Å². The van der Waals surface area contributed by atoms with Crippen LogP contribution in [0.1, 0.15) is 16.8 Å². The highest BCUT2D eigenvalue weighted by molar-refractivity contribution is 5.96. The molecule has 0 saturated carbocycles. The van der Waals surface area contributed by atoms with Crippen molar-refractivity contribution in [3.63, 3.8) is 0 Å². The van der Waals surface area contributed by atoms with Gasteiger partial charge in [-0.1, -0.05) is 18.2 Å². The Hall–Kier alpha value is -2.56. The molecule has 0 unspecified atom stereocenters. The van der Waals surface area contributed by atoms with Crippen molar-refractivity contribution in [2.24, 2.45) is 0 Å². The number of aromatic nitrogens is 3. The average molecular weight is 268 g/mol. The number of amides is 1. The second kappa shape index (κ2) is 4.85. The number of aromatic amines is 2. The van der Waals surface area contributed by atoms with E-state index in [2.05, 4.69) is 20.5 Å². The fourth-order valence-corrected chi connectivity index (χ4v) is 2.38. The summed E-state index contributed by atoms with van der Waals surface area (Å²) in [7, 11) is 0. The fraction of sp³-hybridized carbons (Fsp3) is 0.200. The quantitative estimate of drug-likeness (QED) is 0.683. The molecule has 5 heteroatoms. The van der Waals surface area contributed by atoms with Crippen LogP contribution < -0.4 is 5.32 Å². The lowest BCUT2D eigenvalue weighted by Crippen LogP contribution is -2.15. The van der Waals surface area contributed by atoms with E-state index in [-0.39, 0.29) is 5.91 Å². The predicted molar refractivity (Wildman–Crippen MR) is 78.7 cm³/mol. The molecule has 0 aliphatic carbocycles. The molecule has 1 amide bonds. The maximum Gasteiger partial charge on any atom is 0.230 e. The number of benzene rings is 1. The van der Waals surface area contributed by atoms with Crippen LogP contribution in [-0.2, 0) is 11.2 Å². The van der Waals surface area contributed by atoms with Crippen LogP contribution in [0.4, 0.5) is 5.82 Å². The van der Waals surface area contributed by atoms with E-state index in [1.165, 1.54) is 0 Å². The number of para-hydroxylation sites is 1. The predicted octanol–water partition coefficient (Wildman–Crippen LogP) is 2.69. The zero-order valence-electron chi connectivity index (χ0n) is 11.4. The summed E-state index contributed by atoms with van der Waals surface area (Å²) in [4.78, 5) is 15.5. The third-order valence-corrected chi connectivity index (χ3v) is 3.46. The lowest BCUT2D eigenvalue weighted by Gasteiger charge is -2.04. The minimum absolute atomic E-state index is 0.0507. The van der Waals surface area contributed by atoms with E-state index in [9.17, 15) is 4.79 Å². The Morgan fingerprint density at radius 3 is 2.85 bits per heavy atom. The zero-order chi connectivity index (χ0) is 14.1. The molecular formula is C15H16N4O. The van der Waals surface area contributed by atoms with Crippen LogP contribution >= 0.6 is 0 Å². The Bertz CT molecular complexity index is 769. The summed E-state index contributed by atoms with van der Waals surface area (Å²) in [5, 5.41) is 10.6. The minimum atomic E-state index is -0.0507. The summed E-state index contributed by atoms with van der Waals surface area (Å²) >= 11 is 0. The molecule has 3 aromatic rings. The summed E-state index contributed by atoms with van der Waals surface area (Å²) in [6, 6.07) is 8.01. The number of fused-ring (bicyclic) bond motifs is 1. The van der Waals surface area contributed by atoms with Gasteiger partial charge in [0.25, 0.3) is 0 Å². The van der Waals surface area contributed by atoms with Crippen LogP contribution in [-0.4, -0.2) is 21.1 Å². The molecule has 0 atom stereocenters. The number of aryl methyl sites for hydroxylation is 2. The second-order valence-corrected chi connectivity index (χ2v) is 4.93. The van der Waals surface area contributed by atoms with Gasteiger partial charge in [-0.3, -0.25) is 9.89 Å². The maximum atomic E-state index is 12.2. The average Bonchev–Trinajstić information content (AvgIpc) is 2.95. The first-order chi connectivity index (χ1) is 9.65. The topological polar surface area (TPSA) is 73.6 Å². The number of hydrogen-bond acceptors (Lipinski definition) is 2. The Morgan fingerprint density at radius 1 is 1.30 bits per heavy atom. The van der Waals surface area contributed by atoms with Gasteiger partial charge < -0.3 is 10.3 Å². The second-order valence-electron chi connectivity index (χ2n) is 4.93. The van der Waals surface area contributed by atoms with Gasteiger partial charge in [-0.15, -0.1) is 0 Å². The first-order valence-corrected chi connectivity index (χ1v) is 6.51. The maximum absolute atomic E-state index is 12.2. The number of carbonyl (C=O) groups is 1. The number of nitrogens with one attached hydrogen (secondary N) is 3. The van der Waals surface area contributed by atoms with Gasteiger partial charge in [-0.25, -0.2) is 0 Å². The Kier molecular flexibility index (Phi) is 3.02. The lowest BCUT2D eigenvalue weighted by molar-refractivity contribution is -0.115. The molecule has 20 heavy (non-hydrogen) atoms. The van der Waals surface area contributed by atoms with Crippen molar-refractivity contribution in [3.05, 3.63) is 47.3 Å². The number of H-pyrrole nitrogens is 2. The molecule has 2 aromatic heterocycles. The van der Waals surface area contributed by atoms with Crippen LogP contribution in [0.15, 0.2) is 30.5 Å². The highest BCUT2D eigenvalue weighted by Gasteiger charge is 2.13. The Labute approximate surface area is 116 Å². The van der Waals surface area contributed by atoms with Gasteiger partial charge in [0.1, 0.15) is 5.82 Å². The van der Waals surface area contributed by atoms with Crippen LogP contribution in [0.5, 0.6) is 0 Å². The molecule has 3 N–H and O–H groups in total. The van der Waals surface area contributed by atoms with Gasteiger partial charge in [-0.05, 0) is 25.5 Å². The molecule has 0 radical (unpaired) electrons. The Morgan fingerprint density at radius 2 is 2.10 bits per heavy atom. The number of carbonyl (C=O) groups excluding carboxylic acids is 1. The standard InChI is InChI=1S/C15H16N4O/c1-9-8-16-19-15(9)18-14(20)7-12-10(2)17-13-6-4-3-5-11(12)13/h3-6,8,17H,7H2,1-2H3,(H2,16,18,19,20). The van der Waals surface area contributed by atoms with E-state index >= 15 is 0 Å².